The summed E-state index contributed by atoms with van der Waals surface area (Å²) in [6.07, 6.45) is 3.49. The van der Waals surface area contributed by atoms with E-state index in [-0.39, 0.29) is 12.2 Å². The van der Waals surface area contributed by atoms with Crippen LogP contribution < -0.4 is 15.0 Å². The first-order chi connectivity index (χ1) is 13.3. The summed E-state index contributed by atoms with van der Waals surface area (Å²) in [6, 6.07) is 12.5. The van der Waals surface area contributed by atoms with Crippen LogP contribution in [-0.2, 0) is 0 Å². The first-order valence-corrected chi connectivity index (χ1v) is 8.96. The van der Waals surface area contributed by atoms with Gasteiger partial charge >= 0.3 is 0 Å². The fraction of sp³-hybridized carbons (Fsp3) is 0.273. The molecule has 2 heterocycles. The molecular weight excluding hydrogens is 356 g/mol. The van der Waals surface area contributed by atoms with Crippen molar-refractivity contribution in [3.63, 3.8) is 0 Å². The topological polar surface area (TPSA) is 73.6 Å². The maximum Gasteiger partial charge on any atom is 0.255 e. The van der Waals surface area contributed by atoms with E-state index in [0.717, 1.165) is 16.8 Å². The molecule has 3 rings (SSSR count). The zero-order chi connectivity index (χ0) is 20.3. The molecule has 0 aliphatic rings. The normalized spacial score (nSPS) is 11.3. The molecule has 6 nitrogen and oxygen atoms in total. The van der Waals surface area contributed by atoms with Gasteiger partial charge in [-0.1, -0.05) is 6.07 Å². The number of nitrogens with zero attached hydrogens (tertiary/aromatic N) is 2. The molecule has 0 saturated heterocycles. The minimum Gasteiger partial charge on any atom is -0.493 e. The van der Waals surface area contributed by atoms with E-state index in [2.05, 4.69) is 4.98 Å². The zero-order valence-corrected chi connectivity index (χ0v) is 16.5. The maximum atomic E-state index is 12.7. The van der Waals surface area contributed by atoms with Gasteiger partial charge in [-0.25, -0.2) is 0 Å². The number of ether oxygens (including phenoxy) is 2. The summed E-state index contributed by atoms with van der Waals surface area (Å²) in [5, 5.41) is 9.83. The van der Waals surface area contributed by atoms with Gasteiger partial charge in [0.25, 0.3) is 5.56 Å². The Morgan fingerprint density at radius 2 is 1.89 bits per heavy atom. The van der Waals surface area contributed by atoms with Crippen molar-refractivity contribution in [3.8, 4) is 28.4 Å². The van der Waals surface area contributed by atoms with Crippen LogP contribution in [0, 0.1) is 6.92 Å². The molecule has 6 heteroatoms. The molecule has 3 aromatic rings. The Morgan fingerprint density at radius 3 is 2.50 bits per heavy atom. The maximum absolute atomic E-state index is 12.7. The number of hydrogen-bond donors (Lipinski definition) is 1. The summed E-state index contributed by atoms with van der Waals surface area (Å²) in [6.45, 7) is 5.42. The van der Waals surface area contributed by atoms with Crippen molar-refractivity contribution >= 4 is 0 Å². The van der Waals surface area contributed by atoms with Gasteiger partial charge in [-0.15, -0.1) is 0 Å². The Hall–Kier alpha value is -3.12. The van der Waals surface area contributed by atoms with Crippen molar-refractivity contribution in [2.75, 3.05) is 13.7 Å². The quantitative estimate of drug-likeness (QED) is 0.710. The summed E-state index contributed by atoms with van der Waals surface area (Å²) in [4.78, 5) is 17.0. The van der Waals surface area contributed by atoms with Crippen LogP contribution in [0.1, 0.15) is 19.4 Å². The predicted octanol–water partition coefficient (Wildman–Crippen LogP) is 3.37. The van der Waals surface area contributed by atoms with Crippen LogP contribution in [0.2, 0.25) is 0 Å². The van der Waals surface area contributed by atoms with Gasteiger partial charge in [-0.2, -0.15) is 0 Å². The smallest absolute Gasteiger partial charge is 0.255 e. The number of rotatable bonds is 6. The van der Waals surface area contributed by atoms with Crippen molar-refractivity contribution in [2.24, 2.45) is 0 Å². The summed E-state index contributed by atoms with van der Waals surface area (Å²) in [7, 11) is 1.53. The SMILES string of the molecule is COc1cc(-n2ccc(-c3ccc(C)cn3)cc2=O)ccc1OCC(C)(C)O. The van der Waals surface area contributed by atoms with Gasteiger partial charge in [0.15, 0.2) is 11.5 Å². The summed E-state index contributed by atoms with van der Waals surface area (Å²) in [5.74, 6) is 0.986. The molecule has 28 heavy (non-hydrogen) atoms. The summed E-state index contributed by atoms with van der Waals surface area (Å²) in [5.41, 5.74) is 2.10. The van der Waals surface area contributed by atoms with E-state index in [4.69, 9.17) is 9.47 Å². The molecule has 0 aliphatic carbocycles. The molecule has 0 atom stereocenters. The largest absolute Gasteiger partial charge is 0.493 e. The number of aromatic nitrogens is 2. The van der Waals surface area contributed by atoms with Crippen molar-refractivity contribution in [3.05, 3.63) is 70.8 Å². The molecular formula is C22H24N2O4. The van der Waals surface area contributed by atoms with E-state index >= 15 is 0 Å². The molecule has 1 aromatic carbocycles. The molecule has 0 amide bonds. The van der Waals surface area contributed by atoms with Gasteiger partial charge in [0.1, 0.15) is 6.61 Å². The highest BCUT2D eigenvalue weighted by Crippen LogP contribution is 2.30. The van der Waals surface area contributed by atoms with Crippen molar-refractivity contribution in [1.29, 1.82) is 0 Å². The van der Waals surface area contributed by atoms with Gasteiger partial charge in [-0.05, 0) is 50.6 Å². The van der Waals surface area contributed by atoms with Crippen LogP contribution in [0.5, 0.6) is 11.5 Å². The minimum atomic E-state index is -0.958. The third kappa shape index (κ3) is 4.58. The van der Waals surface area contributed by atoms with Crippen LogP contribution in [-0.4, -0.2) is 34.0 Å². The van der Waals surface area contributed by atoms with Gasteiger partial charge < -0.3 is 14.6 Å². The highest BCUT2D eigenvalue weighted by atomic mass is 16.5. The lowest BCUT2D eigenvalue weighted by Crippen LogP contribution is -2.28. The Kier molecular flexibility index (Phi) is 5.51. The van der Waals surface area contributed by atoms with Crippen molar-refractivity contribution < 1.29 is 14.6 Å². The molecule has 0 saturated carbocycles. The summed E-state index contributed by atoms with van der Waals surface area (Å²) >= 11 is 0. The molecule has 0 spiro atoms. The van der Waals surface area contributed by atoms with Gasteiger partial charge in [0.2, 0.25) is 0 Å². The lowest BCUT2D eigenvalue weighted by atomic mass is 10.1. The average Bonchev–Trinajstić information content (AvgIpc) is 2.66. The molecule has 146 valence electrons. The van der Waals surface area contributed by atoms with Crippen LogP contribution in [0.25, 0.3) is 16.9 Å². The second-order valence-corrected chi connectivity index (χ2v) is 7.28. The van der Waals surface area contributed by atoms with Crippen LogP contribution in [0.4, 0.5) is 0 Å². The predicted molar refractivity (Wildman–Crippen MR) is 108 cm³/mol. The Balaban J connectivity index is 1.91. The Morgan fingerprint density at radius 1 is 1.11 bits per heavy atom. The number of pyridine rings is 2. The standard InChI is InChI=1S/C22H24N2O4/c1-15-5-7-18(23-13-15)16-9-10-24(21(25)11-16)17-6-8-19(20(12-17)27-4)28-14-22(2,3)26/h5-13,26H,14H2,1-4H3. The number of aliphatic hydroxyl groups is 1. The molecule has 0 fully saturated rings. The van der Waals surface area contributed by atoms with Crippen molar-refractivity contribution in [2.45, 2.75) is 26.4 Å². The molecule has 1 N–H and O–H groups in total. The molecule has 0 unspecified atom stereocenters. The highest BCUT2D eigenvalue weighted by molar-refractivity contribution is 5.59. The average molecular weight is 380 g/mol. The molecule has 0 bridgehead atoms. The third-order valence-corrected chi connectivity index (χ3v) is 4.13. The van der Waals surface area contributed by atoms with Crippen molar-refractivity contribution in [1.82, 2.24) is 9.55 Å². The number of benzene rings is 1. The van der Waals surface area contributed by atoms with Gasteiger partial charge in [0.05, 0.1) is 24.1 Å². The molecule has 0 radical (unpaired) electrons. The molecule has 2 aromatic heterocycles. The van der Waals surface area contributed by atoms with Crippen LogP contribution in [0.15, 0.2) is 59.7 Å². The van der Waals surface area contributed by atoms with E-state index in [0.29, 0.717) is 17.2 Å². The lowest BCUT2D eigenvalue weighted by Gasteiger charge is -2.19. The monoisotopic (exact) mass is 380 g/mol. The molecule has 0 aliphatic heterocycles. The zero-order valence-electron chi connectivity index (χ0n) is 16.5. The number of hydrogen-bond acceptors (Lipinski definition) is 5. The highest BCUT2D eigenvalue weighted by Gasteiger charge is 2.16. The van der Waals surface area contributed by atoms with E-state index in [9.17, 15) is 9.90 Å². The van der Waals surface area contributed by atoms with Crippen LogP contribution in [0.3, 0.4) is 0 Å². The van der Waals surface area contributed by atoms with E-state index in [1.807, 2.05) is 25.1 Å². The summed E-state index contributed by atoms with van der Waals surface area (Å²) < 4.78 is 12.5. The minimum absolute atomic E-state index is 0.126. The third-order valence-electron chi connectivity index (χ3n) is 4.13. The fourth-order valence-electron chi connectivity index (χ4n) is 2.67. The lowest BCUT2D eigenvalue weighted by molar-refractivity contribution is 0.0276. The Bertz CT molecular complexity index is 1020. The van der Waals surface area contributed by atoms with Crippen LogP contribution >= 0.6 is 0 Å². The van der Waals surface area contributed by atoms with E-state index < -0.39 is 5.60 Å². The second-order valence-electron chi connectivity index (χ2n) is 7.28. The van der Waals surface area contributed by atoms with E-state index in [1.165, 1.54) is 11.7 Å². The fourth-order valence-corrected chi connectivity index (χ4v) is 2.67. The first kappa shape index (κ1) is 19.6. The van der Waals surface area contributed by atoms with Gasteiger partial charge in [0, 0.05) is 30.1 Å². The van der Waals surface area contributed by atoms with Gasteiger partial charge in [-0.3, -0.25) is 14.3 Å². The Labute approximate surface area is 164 Å². The second kappa shape index (κ2) is 7.86. The number of methoxy groups -OCH3 is 1. The number of aryl methyl sites for hydroxylation is 1. The van der Waals surface area contributed by atoms with E-state index in [1.54, 1.807) is 50.5 Å². The first-order valence-electron chi connectivity index (χ1n) is 8.96.